The number of thiazole rings is 1. The summed E-state index contributed by atoms with van der Waals surface area (Å²) in [5.41, 5.74) is 1.79. The average Bonchev–Trinajstić information content (AvgIpc) is 2.60. The number of hydrogen-bond acceptors (Lipinski definition) is 3. The van der Waals surface area contributed by atoms with Gasteiger partial charge < -0.3 is 5.11 Å². The van der Waals surface area contributed by atoms with E-state index in [9.17, 15) is 4.79 Å². The highest BCUT2D eigenvalue weighted by atomic mass is 79.9. The maximum absolute atomic E-state index is 10.7. The predicted octanol–water partition coefficient (Wildman–Crippen LogP) is 3.51. The number of rotatable bonds is 3. The van der Waals surface area contributed by atoms with Crippen LogP contribution in [-0.2, 0) is 11.2 Å². The lowest BCUT2D eigenvalue weighted by Crippen LogP contribution is -1.99. The zero-order valence-electron chi connectivity index (χ0n) is 9.11. The molecule has 2 rings (SSSR count). The van der Waals surface area contributed by atoms with Gasteiger partial charge in [0.2, 0.25) is 0 Å². The van der Waals surface area contributed by atoms with Crippen molar-refractivity contribution >= 4 is 33.2 Å². The first-order chi connectivity index (χ1) is 8.08. The summed E-state index contributed by atoms with van der Waals surface area (Å²) in [4.78, 5) is 15.9. The van der Waals surface area contributed by atoms with Crippen molar-refractivity contribution in [3.8, 4) is 10.6 Å². The van der Waals surface area contributed by atoms with Gasteiger partial charge in [-0.25, -0.2) is 4.98 Å². The lowest BCUT2D eigenvalue weighted by molar-refractivity contribution is -0.136. The van der Waals surface area contributed by atoms with Crippen LogP contribution in [0.25, 0.3) is 10.6 Å². The first-order valence-electron chi connectivity index (χ1n) is 5.01. The van der Waals surface area contributed by atoms with Crippen LogP contribution in [-0.4, -0.2) is 16.1 Å². The molecule has 88 valence electrons. The fourth-order valence-electron chi connectivity index (χ4n) is 1.48. The summed E-state index contributed by atoms with van der Waals surface area (Å²) in [5.74, 6) is -0.824. The molecular weight excluding hydrogens is 302 g/mol. The second-order valence-corrected chi connectivity index (χ2v) is 5.52. The van der Waals surface area contributed by atoms with Gasteiger partial charge in [0.1, 0.15) is 5.01 Å². The Bertz CT molecular complexity index is 565. The minimum absolute atomic E-state index is 0.0357. The Hall–Kier alpha value is -1.20. The summed E-state index contributed by atoms with van der Waals surface area (Å²) >= 11 is 4.90. The van der Waals surface area contributed by atoms with Crippen molar-refractivity contribution in [2.24, 2.45) is 0 Å². The van der Waals surface area contributed by atoms with Crippen molar-refractivity contribution in [3.05, 3.63) is 39.3 Å². The lowest BCUT2D eigenvalue weighted by atomic mass is 10.2. The first-order valence-corrected chi connectivity index (χ1v) is 6.62. The Morgan fingerprint density at radius 2 is 2.18 bits per heavy atom. The third kappa shape index (κ3) is 2.73. The van der Waals surface area contributed by atoms with Gasteiger partial charge in [-0.2, -0.15) is 0 Å². The number of nitrogens with zero attached hydrogens (tertiary/aromatic N) is 1. The fourth-order valence-corrected chi connectivity index (χ4v) is 3.18. The molecule has 0 saturated carbocycles. The van der Waals surface area contributed by atoms with E-state index in [0.717, 1.165) is 25.6 Å². The van der Waals surface area contributed by atoms with Crippen molar-refractivity contribution in [2.45, 2.75) is 13.3 Å². The summed E-state index contributed by atoms with van der Waals surface area (Å²) in [6.45, 7) is 1.84. The topological polar surface area (TPSA) is 50.2 Å². The van der Waals surface area contributed by atoms with Gasteiger partial charge in [-0.3, -0.25) is 4.79 Å². The number of aromatic nitrogens is 1. The van der Waals surface area contributed by atoms with Gasteiger partial charge in [0, 0.05) is 14.9 Å². The van der Waals surface area contributed by atoms with Crippen LogP contribution in [0.1, 0.15) is 10.6 Å². The summed E-state index contributed by atoms with van der Waals surface area (Å²) in [5, 5.41) is 9.65. The molecule has 0 aliphatic rings. The number of carboxylic acids is 1. The molecule has 3 nitrogen and oxygen atoms in total. The van der Waals surface area contributed by atoms with E-state index in [4.69, 9.17) is 5.11 Å². The summed E-state index contributed by atoms with van der Waals surface area (Å²) < 4.78 is 0.968. The summed E-state index contributed by atoms with van der Waals surface area (Å²) in [6.07, 6.45) is 0.0357. The van der Waals surface area contributed by atoms with Crippen molar-refractivity contribution in [3.63, 3.8) is 0 Å². The van der Waals surface area contributed by atoms with Crippen LogP contribution in [0.4, 0.5) is 0 Å². The highest BCUT2D eigenvalue weighted by Gasteiger charge is 2.13. The molecule has 0 aliphatic carbocycles. The average molecular weight is 312 g/mol. The van der Waals surface area contributed by atoms with Gasteiger partial charge in [-0.15, -0.1) is 11.3 Å². The van der Waals surface area contributed by atoms with Crippen LogP contribution in [0.15, 0.2) is 28.7 Å². The molecule has 0 aliphatic heterocycles. The molecule has 0 saturated heterocycles. The minimum atomic E-state index is -0.824. The molecule has 0 amide bonds. The van der Waals surface area contributed by atoms with Gasteiger partial charge in [0.25, 0.3) is 0 Å². The number of aryl methyl sites for hydroxylation is 1. The van der Waals surface area contributed by atoms with Crippen molar-refractivity contribution in [1.82, 2.24) is 4.98 Å². The molecule has 1 N–H and O–H groups in total. The van der Waals surface area contributed by atoms with Crippen LogP contribution < -0.4 is 0 Å². The zero-order chi connectivity index (χ0) is 12.4. The fraction of sp³-hybridized carbons (Fsp3) is 0.167. The van der Waals surface area contributed by atoms with E-state index in [2.05, 4.69) is 20.9 Å². The molecule has 0 bridgehead atoms. The van der Waals surface area contributed by atoms with E-state index in [1.54, 1.807) is 0 Å². The maximum Gasteiger partial charge on any atom is 0.308 e. The molecule has 17 heavy (non-hydrogen) atoms. The van der Waals surface area contributed by atoms with Gasteiger partial charge in [-0.05, 0) is 13.0 Å². The van der Waals surface area contributed by atoms with Gasteiger partial charge >= 0.3 is 5.97 Å². The summed E-state index contributed by atoms with van der Waals surface area (Å²) in [7, 11) is 0. The van der Waals surface area contributed by atoms with Gasteiger partial charge in [-0.1, -0.05) is 34.1 Å². The Balaban J connectivity index is 2.41. The number of carboxylic acid groups (broad SMARTS) is 1. The third-order valence-corrected chi connectivity index (χ3v) is 4.19. The van der Waals surface area contributed by atoms with Crippen LogP contribution >= 0.6 is 27.3 Å². The van der Waals surface area contributed by atoms with E-state index in [-0.39, 0.29) is 6.42 Å². The SMILES string of the molecule is Cc1nc(-c2ccccc2Br)sc1CC(=O)O. The molecule has 2 aromatic rings. The first kappa shape index (κ1) is 12.3. The molecule has 0 fully saturated rings. The number of halogens is 1. The third-order valence-electron chi connectivity index (χ3n) is 2.31. The Kier molecular flexibility index (Phi) is 3.59. The molecule has 0 atom stereocenters. The van der Waals surface area contributed by atoms with Crippen molar-refractivity contribution in [2.75, 3.05) is 0 Å². The van der Waals surface area contributed by atoms with Crippen LogP contribution in [0.2, 0.25) is 0 Å². The molecule has 5 heteroatoms. The van der Waals surface area contributed by atoms with Crippen molar-refractivity contribution in [1.29, 1.82) is 0 Å². The number of hydrogen-bond donors (Lipinski definition) is 1. The minimum Gasteiger partial charge on any atom is -0.481 e. The lowest BCUT2D eigenvalue weighted by Gasteiger charge is -1.98. The van der Waals surface area contributed by atoms with Gasteiger partial charge in [0.15, 0.2) is 0 Å². The molecule has 1 heterocycles. The Morgan fingerprint density at radius 3 is 2.82 bits per heavy atom. The highest BCUT2D eigenvalue weighted by Crippen LogP contribution is 2.32. The van der Waals surface area contributed by atoms with E-state index in [1.165, 1.54) is 11.3 Å². The second kappa shape index (κ2) is 4.98. The van der Waals surface area contributed by atoms with Crippen LogP contribution in [0, 0.1) is 6.92 Å². The van der Waals surface area contributed by atoms with Crippen LogP contribution in [0.5, 0.6) is 0 Å². The molecule has 1 aromatic carbocycles. The molecule has 0 unspecified atom stereocenters. The van der Waals surface area contributed by atoms with E-state index in [1.807, 2.05) is 31.2 Å². The van der Waals surface area contributed by atoms with E-state index >= 15 is 0 Å². The standard InChI is InChI=1S/C12H10BrNO2S/c1-7-10(6-11(15)16)17-12(14-7)8-4-2-3-5-9(8)13/h2-5H,6H2,1H3,(H,15,16). The Morgan fingerprint density at radius 1 is 1.47 bits per heavy atom. The smallest absolute Gasteiger partial charge is 0.308 e. The monoisotopic (exact) mass is 311 g/mol. The zero-order valence-corrected chi connectivity index (χ0v) is 11.5. The quantitative estimate of drug-likeness (QED) is 0.943. The number of carbonyl (C=O) groups is 1. The summed E-state index contributed by atoms with van der Waals surface area (Å²) in [6, 6.07) is 7.79. The number of aliphatic carboxylic acids is 1. The predicted molar refractivity (Wildman–Crippen MR) is 71.3 cm³/mol. The van der Waals surface area contributed by atoms with E-state index < -0.39 is 5.97 Å². The molecule has 0 spiro atoms. The normalized spacial score (nSPS) is 10.5. The largest absolute Gasteiger partial charge is 0.481 e. The molecule has 1 aromatic heterocycles. The maximum atomic E-state index is 10.7. The second-order valence-electron chi connectivity index (χ2n) is 3.58. The molecule has 0 radical (unpaired) electrons. The van der Waals surface area contributed by atoms with Crippen molar-refractivity contribution < 1.29 is 9.90 Å². The van der Waals surface area contributed by atoms with Crippen LogP contribution in [0.3, 0.4) is 0 Å². The Labute approximate surface area is 111 Å². The van der Waals surface area contributed by atoms with E-state index in [0.29, 0.717) is 0 Å². The number of benzene rings is 1. The highest BCUT2D eigenvalue weighted by molar-refractivity contribution is 9.10. The molecular formula is C12H10BrNO2S. The van der Waals surface area contributed by atoms with Gasteiger partial charge in [0.05, 0.1) is 12.1 Å².